The molecule has 68 heavy (non-hydrogen) atoms. The van der Waals surface area contributed by atoms with Crippen molar-refractivity contribution in [3.8, 4) is 0 Å². The summed E-state index contributed by atoms with van der Waals surface area (Å²) in [6.45, 7) is 7.65. The van der Waals surface area contributed by atoms with Crippen LogP contribution in [-0.2, 0) is 23.8 Å². The fourth-order valence-corrected chi connectivity index (χ4v) is 7.54. The van der Waals surface area contributed by atoms with Crippen LogP contribution >= 0.6 is 0 Å². The van der Waals surface area contributed by atoms with Crippen molar-refractivity contribution in [3.63, 3.8) is 0 Å². The summed E-state index contributed by atoms with van der Waals surface area (Å²) < 4.78 is 17.3. The van der Waals surface area contributed by atoms with Gasteiger partial charge in [-0.3, -0.25) is 9.59 Å². The second-order valence-electron chi connectivity index (χ2n) is 18.5. The molecule has 0 saturated heterocycles. The minimum atomic E-state index is -0.603. The molecule has 0 radical (unpaired) electrons. The van der Waals surface area contributed by atoms with E-state index in [4.69, 9.17) is 14.2 Å². The van der Waals surface area contributed by atoms with Crippen molar-refractivity contribution in [1.82, 2.24) is 0 Å². The maximum atomic E-state index is 12.8. The molecule has 0 fully saturated rings. The van der Waals surface area contributed by atoms with Crippen molar-refractivity contribution in [2.75, 3.05) is 19.8 Å². The molecule has 0 aliphatic heterocycles. The molecule has 0 rings (SSSR count). The Balaban J connectivity index is 4.48. The molecule has 0 saturated carbocycles. The third kappa shape index (κ3) is 55.2. The van der Waals surface area contributed by atoms with Crippen LogP contribution in [0.1, 0.15) is 252 Å². The lowest BCUT2D eigenvalue weighted by Gasteiger charge is -2.18. The van der Waals surface area contributed by atoms with Gasteiger partial charge in [0.05, 0.1) is 6.61 Å². The summed E-state index contributed by atoms with van der Waals surface area (Å²) in [5, 5.41) is 0. The number of hydrogen-bond acceptors (Lipinski definition) is 5. The first-order valence-electron chi connectivity index (χ1n) is 28.4. The maximum absolute atomic E-state index is 12.8. The third-order valence-corrected chi connectivity index (χ3v) is 11.8. The SMILES string of the molecule is CCCCC/C=C\C/C=C\C/C=C\C/C=C\C/C=C\CCC(=O)O[C@H](COCCCCCCCCCCCCCCCCCC)COC(=O)CCC/C=C\C/C=C\C/C=C\C/C=C\CCCCC. The summed E-state index contributed by atoms with van der Waals surface area (Å²) in [5.41, 5.74) is 0. The van der Waals surface area contributed by atoms with Gasteiger partial charge in [-0.15, -0.1) is 0 Å². The topological polar surface area (TPSA) is 61.8 Å². The van der Waals surface area contributed by atoms with Crippen molar-refractivity contribution < 1.29 is 23.8 Å². The zero-order valence-electron chi connectivity index (χ0n) is 44.6. The van der Waals surface area contributed by atoms with Gasteiger partial charge < -0.3 is 14.2 Å². The minimum Gasteiger partial charge on any atom is -0.462 e. The normalized spacial score (nSPS) is 13.0. The van der Waals surface area contributed by atoms with Crippen molar-refractivity contribution >= 4 is 11.9 Å². The Bertz CT molecular complexity index is 1340. The van der Waals surface area contributed by atoms with Crippen LogP contribution in [0.4, 0.5) is 0 Å². The molecule has 5 heteroatoms. The van der Waals surface area contributed by atoms with E-state index in [-0.39, 0.29) is 31.6 Å². The van der Waals surface area contributed by atoms with Crippen molar-refractivity contribution in [2.45, 2.75) is 258 Å². The number of carbonyl (C=O) groups is 2. The van der Waals surface area contributed by atoms with Gasteiger partial charge in [-0.2, -0.15) is 0 Å². The summed E-state index contributed by atoms with van der Waals surface area (Å²) >= 11 is 0. The molecule has 0 spiro atoms. The van der Waals surface area contributed by atoms with Crippen LogP contribution < -0.4 is 0 Å². The van der Waals surface area contributed by atoms with Gasteiger partial charge in [0.15, 0.2) is 6.10 Å². The zero-order chi connectivity index (χ0) is 49.2. The van der Waals surface area contributed by atoms with Crippen LogP contribution in [-0.4, -0.2) is 37.9 Å². The quantitative estimate of drug-likeness (QED) is 0.0345. The Kier molecular flexibility index (Phi) is 54.9. The summed E-state index contributed by atoms with van der Waals surface area (Å²) in [7, 11) is 0. The van der Waals surface area contributed by atoms with E-state index in [9.17, 15) is 9.59 Å². The number of esters is 2. The van der Waals surface area contributed by atoms with Crippen molar-refractivity contribution in [1.29, 1.82) is 0 Å². The number of rotatable bonds is 51. The van der Waals surface area contributed by atoms with Crippen molar-refractivity contribution in [2.24, 2.45) is 0 Å². The summed E-state index contributed by atoms with van der Waals surface area (Å²) in [6.07, 6.45) is 79.8. The van der Waals surface area contributed by atoms with Crippen LogP contribution in [0.25, 0.3) is 0 Å². The highest BCUT2D eigenvalue weighted by Gasteiger charge is 2.17. The van der Waals surface area contributed by atoms with Crippen LogP contribution in [0.2, 0.25) is 0 Å². The van der Waals surface area contributed by atoms with E-state index in [1.807, 2.05) is 6.08 Å². The van der Waals surface area contributed by atoms with Gasteiger partial charge in [-0.1, -0.05) is 252 Å². The standard InChI is InChI=1S/C63H106O5/c1-4-7-10-13-16-19-22-25-28-31-32-34-36-39-42-45-48-51-54-57-63(65)68-61(59-66-58-55-52-49-46-43-40-37-30-27-24-21-18-15-12-9-6-3)60-67-62(64)56-53-50-47-44-41-38-35-33-29-26-23-20-17-14-11-8-5-2/h16-17,19-20,25-26,28-29,32,34-35,38-39,42,44,47-48,51,61H,4-15,18,21-24,27,30-31,33,36-37,40-41,43,45-46,49-50,52-60H2,1-3H3/b19-16-,20-17-,28-25-,29-26-,34-32-,38-35-,42-39-,47-44-,51-48-/t61-/m1/s1. The van der Waals surface area contributed by atoms with E-state index in [2.05, 4.69) is 124 Å². The molecule has 0 aromatic heterocycles. The highest BCUT2D eigenvalue weighted by molar-refractivity contribution is 5.70. The summed E-state index contributed by atoms with van der Waals surface area (Å²) in [4.78, 5) is 25.4. The predicted molar refractivity (Wildman–Crippen MR) is 297 cm³/mol. The molecule has 0 aliphatic rings. The number of ether oxygens (including phenoxy) is 3. The Hall–Kier alpha value is -3.44. The molecule has 0 N–H and O–H groups in total. The molecule has 0 amide bonds. The fourth-order valence-electron chi connectivity index (χ4n) is 7.54. The van der Waals surface area contributed by atoms with Crippen LogP contribution in [0.5, 0.6) is 0 Å². The largest absolute Gasteiger partial charge is 0.462 e. The molecule has 0 unspecified atom stereocenters. The molecule has 388 valence electrons. The second-order valence-corrected chi connectivity index (χ2v) is 18.5. The number of hydrogen-bond donors (Lipinski definition) is 0. The highest BCUT2D eigenvalue weighted by Crippen LogP contribution is 2.14. The molecule has 1 atom stereocenters. The number of allylic oxidation sites excluding steroid dienone is 18. The molecule has 0 aromatic carbocycles. The molecule has 0 aliphatic carbocycles. The van der Waals surface area contributed by atoms with Gasteiger partial charge in [0.2, 0.25) is 0 Å². The van der Waals surface area contributed by atoms with E-state index < -0.39 is 6.10 Å². The van der Waals surface area contributed by atoms with Crippen LogP contribution in [0.3, 0.4) is 0 Å². The molecular weight excluding hydrogens is 837 g/mol. The van der Waals surface area contributed by atoms with E-state index in [1.165, 1.54) is 141 Å². The average molecular weight is 944 g/mol. The van der Waals surface area contributed by atoms with E-state index in [0.29, 0.717) is 19.4 Å². The molecular formula is C63H106O5. The monoisotopic (exact) mass is 943 g/mol. The first-order chi connectivity index (χ1) is 33.6. The van der Waals surface area contributed by atoms with E-state index in [0.717, 1.165) is 70.6 Å². The zero-order valence-corrected chi connectivity index (χ0v) is 44.6. The first kappa shape index (κ1) is 64.6. The molecule has 0 heterocycles. The fraction of sp³-hybridized carbons (Fsp3) is 0.683. The van der Waals surface area contributed by atoms with Gasteiger partial charge >= 0.3 is 11.9 Å². The van der Waals surface area contributed by atoms with Gasteiger partial charge in [-0.05, 0) is 96.3 Å². The van der Waals surface area contributed by atoms with Crippen LogP contribution in [0.15, 0.2) is 109 Å². The van der Waals surface area contributed by atoms with Crippen LogP contribution in [0, 0.1) is 0 Å². The van der Waals surface area contributed by atoms with Gasteiger partial charge in [-0.25, -0.2) is 0 Å². The molecule has 0 bridgehead atoms. The Morgan fingerprint density at radius 2 is 0.647 bits per heavy atom. The number of unbranched alkanes of at least 4 members (excludes halogenated alkanes) is 22. The number of carbonyl (C=O) groups excluding carboxylic acids is 2. The molecule has 0 aromatic rings. The lowest BCUT2D eigenvalue weighted by molar-refractivity contribution is -0.162. The van der Waals surface area contributed by atoms with E-state index >= 15 is 0 Å². The minimum absolute atomic E-state index is 0.0236. The smallest absolute Gasteiger partial charge is 0.306 e. The highest BCUT2D eigenvalue weighted by atomic mass is 16.6. The third-order valence-electron chi connectivity index (χ3n) is 11.8. The average Bonchev–Trinajstić information content (AvgIpc) is 3.34. The van der Waals surface area contributed by atoms with Gasteiger partial charge in [0.1, 0.15) is 6.61 Å². The van der Waals surface area contributed by atoms with E-state index in [1.54, 1.807) is 0 Å². The predicted octanol–water partition coefficient (Wildman–Crippen LogP) is 19.6. The van der Waals surface area contributed by atoms with Crippen molar-refractivity contribution in [3.05, 3.63) is 109 Å². The van der Waals surface area contributed by atoms with Gasteiger partial charge in [0, 0.05) is 19.4 Å². The Morgan fingerprint density at radius 3 is 1.04 bits per heavy atom. The Morgan fingerprint density at radius 1 is 0.324 bits per heavy atom. The lowest BCUT2D eigenvalue weighted by Crippen LogP contribution is -2.30. The summed E-state index contributed by atoms with van der Waals surface area (Å²) in [6, 6.07) is 0. The maximum Gasteiger partial charge on any atom is 0.306 e. The van der Waals surface area contributed by atoms with Gasteiger partial charge in [0.25, 0.3) is 0 Å². The lowest BCUT2D eigenvalue weighted by atomic mass is 10.0. The molecule has 5 nitrogen and oxygen atoms in total. The summed E-state index contributed by atoms with van der Waals surface area (Å²) in [5.74, 6) is -0.556. The Labute approximate surface area is 421 Å². The second kappa shape index (κ2) is 57.9. The first-order valence-corrected chi connectivity index (χ1v) is 28.4.